The number of carbonyl (C=O) groups is 1. The molecule has 0 aliphatic carbocycles. The molecule has 0 aromatic carbocycles. The highest BCUT2D eigenvalue weighted by molar-refractivity contribution is 9.10. The predicted molar refractivity (Wildman–Crippen MR) is 80.2 cm³/mol. The summed E-state index contributed by atoms with van der Waals surface area (Å²) in [7, 11) is 0. The second-order valence-electron chi connectivity index (χ2n) is 5.05. The normalized spacial score (nSPS) is 19.2. The van der Waals surface area contributed by atoms with Crippen LogP contribution in [-0.4, -0.2) is 23.5 Å². The fraction of sp³-hybridized carbons (Fsp3) is 0.571. The van der Waals surface area contributed by atoms with Crippen LogP contribution in [0.4, 0.5) is 5.82 Å². The zero-order chi connectivity index (χ0) is 13.7. The Morgan fingerprint density at radius 3 is 3.11 bits per heavy atom. The summed E-state index contributed by atoms with van der Waals surface area (Å²) in [5.74, 6) is 0.670. The molecule has 19 heavy (non-hydrogen) atoms. The lowest BCUT2D eigenvalue weighted by Gasteiger charge is -2.22. The van der Waals surface area contributed by atoms with Crippen LogP contribution < -0.4 is 10.6 Å². The van der Waals surface area contributed by atoms with Crippen molar-refractivity contribution in [2.24, 2.45) is 0 Å². The average molecular weight is 326 g/mol. The number of halogens is 1. The highest BCUT2D eigenvalue weighted by Crippen LogP contribution is 2.18. The maximum atomic E-state index is 11.9. The third-order valence-corrected chi connectivity index (χ3v) is 4.28. The largest absolute Gasteiger partial charge is 0.314 e. The quantitative estimate of drug-likeness (QED) is 0.894. The Labute approximate surface area is 122 Å². The number of anilines is 1. The summed E-state index contributed by atoms with van der Waals surface area (Å²) < 4.78 is 0.955. The van der Waals surface area contributed by atoms with E-state index >= 15 is 0 Å². The van der Waals surface area contributed by atoms with Crippen LogP contribution in [0.25, 0.3) is 0 Å². The number of nitrogens with zero attached hydrogens (tertiary/aromatic N) is 1. The first-order chi connectivity index (χ1) is 9.15. The number of aryl methyl sites for hydroxylation is 1. The van der Waals surface area contributed by atoms with Gasteiger partial charge < -0.3 is 10.6 Å². The first-order valence-electron chi connectivity index (χ1n) is 6.80. The van der Waals surface area contributed by atoms with Gasteiger partial charge in [-0.2, -0.15) is 0 Å². The lowest BCUT2D eigenvalue weighted by atomic mass is 10.0. The van der Waals surface area contributed by atoms with E-state index in [1.165, 1.54) is 19.3 Å². The van der Waals surface area contributed by atoms with Crippen LogP contribution in [0.5, 0.6) is 0 Å². The molecular formula is C14H20BrN3O. The molecule has 1 amide bonds. The van der Waals surface area contributed by atoms with Crippen molar-refractivity contribution in [3.05, 3.63) is 22.3 Å². The van der Waals surface area contributed by atoms with Gasteiger partial charge in [-0.25, -0.2) is 4.98 Å². The summed E-state index contributed by atoms with van der Waals surface area (Å²) in [6, 6.07) is 2.38. The third kappa shape index (κ3) is 4.58. The topological polar surface area (TPSA) is 54.0 Å². The Morgan fingerprint density at radius 2 is 2.42 bits per heavy atom. The second-order valence-corrected chi connectivity index (χ2v) is 5.91. The molecule has 104 valence electrons. The molecule has 2 rings (SSSR count). The van der Waals surface area contributed by atoms with Gasteiger partial charge in [0.25, 0.3) is 0 Å². The van der Waals surface area contributed by atoms with Gasteiger partial charge in [0, 0.05) is 23.1 Å². The van der Waals surface area contributed by atoms with Crippen LogP contribution in [0.1, 0.15) is 37.7 Å². The van der Waals surface area contributed by atoms with Gasteiger partial charge in [-0.3, -0.25) is 4.79 Å². The van der Waals surface area contributed by atoms with Gasteiger partial charge in [-0.15, -0.1) is 0 Å². The molecule has 1 atom stereocenters. The molecule has 1 unspecified atom stereocenters. The summed E-state index contributed by atoms with van der Waals surface area (Å²) in [6.45, 7) is 3.06. The summed E-state index contributed by atoms with van der Waals surface area (Å²) in [5.41, 5.74) is 1.07. The number of hydrogen-bond donors (Lipinski definition) is 2. The van der Waals surface area contributed by atoms with Crippen molar-refractivity contribution in [2.75, 3.05) is 11.9 Å². The van der Waals surface area contributed by atoms with Crippen LogP contribution in [0.15, 0.2) is 16.7 Å². The molecule has 4 nitrogen and oxygen atoms in total. The molecule has 1 aromatic rings. The van der Waals surface area contributed by atoms with E-state index in [1.54, 1.807) is 6.20 Å². The molecule has 0 radical (unpaired) electrons. The highest BCUT2D eigenvalue weighted by Gasteiger charge is 2.14. The molecule has 2 heterocycles. The van der Waals surface area contributed by atoms with Crippen molar-refractivity contribution in [2.45, 2.75) is 45.1 Å². The number of pyridine rings is 1. The lowest BCUT2D eigenvalue weighted by Crippen LogP contribution is -2.34. The van der Waals surface area contributed by atoms with E-state index in [0.717, 1.165) is 23.0 Å². The molecule has 0 bridgehead atoms. The van der Waals surface area contributed by atoms with Gasteiger partial charge >= 0.3 is 0 Å². The van der Waals surface area contributed by atoms with E-state index in [0.29, 0.717) is 18.3 Å². The number of hydrogen-bond acceptors (Lipinski definition) is 3. The van der Waals surface area contributed by atoms with Gasteiger partial charge in [0.2, 0.25) is 5.91 Å². The van der Waals surface area contributed by atoms with Gasteiger partial charge in [-0.05, 0) is 60.3 Å². The molecule has 1 aromatic heterocycles. The van der Waals surface area contributed by atoms with E-state index in [1.807, 2.05) is 13.0 Å². The first kappa shape index (κ1) is 14.5. The smallest absolute Gasteiger partial charge is 0.225 e. The number of piperidine rings is 1. The van der Waals surface area contributed by atoms with E-state index < -0.39 is 0 Å². The van der Waals surface area contributed by atoms with Crippen molar-refractivity contribution in [1.29, 1.82) is 0 Å². The monoisotopic (exact) mass is 325 g/mol. The Balaban J connectivity index is 1.78. The van der Waals surface area contributed by atoms with Gasteiger partial charge in [0.1, 0.15) is 5.82 Å². The molecule has 1 fully saturated rings. The van der Waals surface area contributed by atoms with Crippen molar-refractivity contribution in [1.82, 2.24) is 10.3 Å². The van der Waals surface area contributed by atoms with Crippen molar-refractivity contribution < 1.29 is 4.79 Å². The first-order valence-corrected chi connectivity index (χ1v) is 7.60. The SMILES string of the molecule is Cc1cc(NC(=O)CCC2CCCCN2)ncc1Br. The second kappa shape index (κ2) is 7.01. The van der Waals surface area contributed by atoms with Crippen LogP contribution in [0.2, 0.25) is 0 Å². The van der Waals surface area contributed by atoms with Crippen LogP contribution in [-0.2, 0) is 4.79 Å². The van der Waals surface area contributed by atoms with Gasteiger partial charge in [0.05, 0.1) is 0 Å². The molecule has 1 aliphatic heterocycles. The molecule has 0 saturated carbocycles. The summed E-state index contributed by atoms with van der Waals surface area (Å²) in [5, 5.41) is 6.30. The number of amides is 1. The van der Waals surface area contributed by atoms with Crippen LogP contribution >= 0.6 is 15.9 Å². The molecule has 1 aliphatic rings. The van der Waals surface area contributed by atoms with E-state index in [9.17, 15) is 4.79 Å². The van der Waals surface area contributed by atoms with E-state index in [2.05, 4.69) is 31.5 Å². The zero-order valence-electron chi connectivity index (χ0n) is 11.2. The Kier molecular flexibility index (Phi) is 5.34. The lowest BCUT2D eigenvalue weighted by molar-refractivity contribution is -0.116. The molecule has 1 saturated heterocycles. The maximum absolute atomic E-state index is 11.9. The zero-order valence-corrected chi connectivity index (χ0v) is 12.8. The Morgan fingerprint density at radius 1 is 1.58 bits per heavy atom. The van der Waals surface area contributed by atoms with Gasteiger partial charge in [0.15, 0.2) is 0 Å². The Bertz CT molecular complexity index is 444. The van der Waals surface area contributed by atoms with Crippen molar-refractivity contribution in [3.63, 3.8) is 0 Å². The van der Waals surface area contributed by atoms with E-state index in [4.69, 9.17) is 0 Å². The minimum atomic E-state index is 0.0431. The minimum Gasteiger partial charge on any atom is -0.314 e. The van der Waals surface area contributed by atoms with Crippen molar-refractivity contribution in [3.8, 4) is 0 Å². The number of nitrogens with one attached hydrogen (secondary N) is 2. The third-order valence-electron chi connectivity index (χ3n) is 3.45. The number of rotatable bonds is 4. The highest BCUT2D eigenvalue weighted by atomic mass is 79.9. The van der Waals surface area contributed by atoms with Gasteiger partial charge in [-0.1, -0.05) is 6.42 Å². The average Bonchev–Trinajstić information content (AvgIpc) is 2.42. The molecule has 0 spiro atoms. The Hall–Kier alpha value is -0.940. The number of aromatic nitrogens is 1. The van der Waals surface area contributed by atoms with Crippen LogP contribution in [0, 0.1) is 6.92 Å². The van der Waals surface area contributed by atoms with Crippen molar-refractivity contribution >= 4 is 27.7 Å². The minimum absolute atomic E-state index is 0.0431. The maximum Gasteiger partial charge on any atom is 0.225 e. The van der Waals surface area contributed by atoms with Crippen LogP contribution in [0.3, 0.4) is 0 Å². The standard InChI is InChI=1S/C14H20BrN3O/c1-10-8-13(17-9-12(10)15)18-14(19)6-5-11-4-2-3-7-16-11/h8-9,11,16H,2-7H2,1H3,(H,17,18,19). The summed E-state index contributed by atoms with van der Waals surface area (Å²) in [6.07, 6.45) is 6.88. The molecule has 2 N–H and O–H groups in total. The fourth-order valence-corrected chi connectivity index (χ4v) is 2.51. The molecular weight excluding hydrogens is 306 g/mol. The summed E-state index contributed by atoms with van der Waals surface area (Å²) in [4.78, 5) is 16.0. The predicted octanol–water partition coefficient (Wildman–Crippen LogP) is 3.01. The van der Waals surface area contributed by atoms with E-state index in [-0.39, 0.29) is 5.91 Å². The number of carbonyl (C=O) groups excluding carboxylic acids is 1. The summed E-state index contributed by atoms with van der Waals surface area (Å²) >= 11 is 3.39. The fourth-order valence-electron chi connectivity index (χ4n) is 2.29. The molecule has 5 heteroatoms.